The lowest BCUT2D eigenvalue weighted by Gasteiger charge is -2.26. The number of morpholine rings is 1. The van der Waals surface area contributed by atoms with E-state index in [1.165, 1.54) is 0 Å². The van der Waals surface area contributed by atoms with Crippen molar-refractivity contribution in [3.63, 3.8) is 0 Å². The molecule has 1 aliphatic heterocycles. The van der Waals surface area contributed by atoms with Crippen LogP contribution in [0.5, 0.6) is 0 Å². The van der Waals surface area contributed by atoms with Crippen LogP contribution >= 0.6 is 0 Å². The Kier molecular flexibility index (Phi) is 5.49. The standard InChI is InChI=1S/C17H15F3N2O4S/c18-12-2-4-13(19)15(10-12)21-17(23)11-1-3-14(20)16(9-11)27(24,25)22-5-7-26-8-6-22/h1-4,9-10H,5-8H2,(H,21,23). The average molecular weight is 400 g/mol. The molecule has 10 heteroatoms. The van der Waals surface area contributed by atoms with E-state index in [0.717, 1.165) is 40.7 Å². The van der Waals surface area contributed by atoms with Crippen molar-refractivity contribution in [1.82, 2.24) is 4.31 Å². The summed E-state index contributed by atoms with van der Waals surface area (Å²) in [5.74, 6) is -3.55. The number of nitrogens with one attached hydrogen (secondary N) is 1. The molecule has 144 valence electrons. The molecular formula is C17H15F3N2O4S. The van der Waals surface area contributed by atoms with Crippen molar-refractivity contribution in [2.45, 2.75) is 4.90 Å². The maximum absolute atomic E-state index is 14.1. The molecule has 2 aromatic rings. The molecule has 0 atom stereocenters. The van der Waals surface area contributed by atoms with E-state index in [0.29, 0.717) is 0 Å². The summed E-state index contributed by atoms with van der Waals surface area (Å²) in [5.41, 5.74) is -0.631. The number of carbonyl (C=O) groups excluding carboxylic acids is 1. The van der Waals surface area contributed by atoms with Crippen LogP contribution in [0.4, 0.5) is 18.9 Å². The minimum Gasteiger partial charge on any atom is -0.379 e. The van der Waals surface area contributed by atoms with Gasteiger partial charge in [0, 0.05) is 24.7 Å². The number of carbonyl (C=O) groups is 1. The zero-order chi connectivity index (χ0) is 19.6. The minimum atomic E-state index is -4.17. The lowest BCUT2D eigenvalue weighted by molar-refractivity contribution is 0.0729. The largest absolute Gasteiger partial charge is 0.379 e. The molecule has 27 heavy (non-hydrogen) atoms. The van der Waals surface area contributed by atoms with Crippen molar-refractivity contribution in [1.29, 1.82) is 0 Å². The molecule has 0 spiro atoms. The molecule has 6 nitrogen and oxygen atoms in total. The average Bonchev–Trinajstić information content (AvgIpc) is 2.65. The first kappa shape index (κ1) is 19.3. The molecular weight excluding hydrogens is 385 g/mol. The summed E-state index contributed by atoms with van der Waals surface area (Å²) in [7, 11) is -4.17. The van der Waals surface area contributed by atoms with Gasteiger partial charge in [-0.05, 0) is 30.3 Å². The van der Waals surface area contributed by atoms with Crippen molar-refractivity contribution < 1.29 is 31.1 Å². The van der Waals surface area contributed by atoms with Crippen LogP contribution in [0, 0.1) is 17.5 Å². The second kappa shape index (κ2) is 7.67. The Morgan fingerprint density at radius 2 is 1.67 bits per heavy atom. The van der Waals surface area contributed by atoms with E-state index in [9.17, 15) is 26.4 Å². The summed E-state index contributed by atoms with van der Waals surface area (Å²) in [6.45, 7) is 0.485. The highest BCUT2D eigenvalue weighted by Crippen LogP contribution is 2.23. The number of hydrogen-bond donors (Lipinski definition) is 1. The number of rotatable bonds is 4. The third kappa shape index (κ3) is 4.12. The molecule has 0 aromatic heterocycles. The predicted molar refractivity (Wildman–Crippen MR) is 90.3 cm³/mol. The molecule has 1 fully saturated rings. The zero-order valence-electron chi connectivity index (χ0n) is 13.9. The predicted octanol–water partition coefficient (Wildman–Crippen LogP) is 2.38. The second-order valence-corrected chi connectivity index (χ2v) is 7.65. The van der Waals surface area contributed by atoms with Gasteiger partial charge in [0.25, 0.3) is 5.91 Å². The van der Waals surface area contributed by atoms with Gasteiger partial charge in [0.15, 0.2) is 0 Å². The Morgan fingerprint density at radius 3 is 2.37 bits per heavy atom. The third-order valence-electron chi connectivity index (χ3n) is 3.96. The van der Waals surface area contributed by atoms with Crippen molar-refractivity contribution in [3.8, 4) is 0 Å². The number of ether oxygens (including phenoxy) is 1. The first-order chi connectivity index (χ1) is 12.8. The molecule has 1 heterocycles. The topological polar surface area (TPSA) is 75.7 Å². The lowest BCUT2D eigenvalue weighted by atomic mass is 10.2. The lowest BCUT2D eigenvalue weighted by Crippen LogP contribution is -2.41. The number of sulfonamides is 1. The van der Waals surface area contributed by atoms with Crippen molar-refractivity contribution in [3.05, 3.63) is 59.4 Å². The maximum atomic E-state index is 14.1. The highest BCUT2D eigenvalue weighted by atomic mass is 32.2. The Bertz CT molecular complexity index is 976. The zero-order valence-corrected chi connectivity index (χ0v) is 14.7. The van der Waals surface area contributed by atoms with Gasteiger partial charge >= 0.3 is 0 Å². The van der Waals surface area contributed by atoms with E-state index < -0.39 is 44.0 Å². The quantitative estimate of drug-likeness (QED) is 0.855. The van der Waals surface area contributed by atoms with Gasteiger partial charge in [0.2, 0.25) is 10.0 Å². The van der Waals surface area contributed by atoms with Gasteiger partial charge in [0.1, 0.15) is 22.3 Å². The van der Waals surface area contributed by atoms with Gasteiger partial charge < -0.3 is 10.1 Å². The number of nitrogens with zero attached hydrogens (tertiary/aromatic N) is 1. The molecule has 0 bridgehead atoms. The fourth-order valence-corrected chi connectivity index (χ4v) is 4.05. The van der Waals surface area contributed by atoms with Gasteiger partial charge in [-0.3, -0.25) is 4.79 Å². The molecule has 1 N–H and O–H groups in total. The number of amides is 1. The highest BCUT2D eigenvalue weighted by molar-refractivity contribution is 7.89. The number of halogens is 3. The maximum Gasteiger partial charge on any atom is 0.255 e. The van der Waals surface area contributed by atoms with Crippen LogP contribution < -0.4 is 5.32 Å². The Morgan fingerprint density at radius 1 is 1.00 bits per heavy atom. The fourth-order valence-electron chi connectivity index (χ4n) is 2.56. The molecule has 1 amide bonds. The number of hydrogen-bond acceptors (Lipinski definition) is 4. The Hall–Kier alpha value is -2.43. The van der Waals surface area contributed by atoms with Gasteiger partial charge in [-0.15, -0.1) is 0 Å². The molecule has 2 aromatic carbocycles. The summed E-state index contributed by atoms with van der Waals surface area (Å²) in [6.07, 6.45) is 0. The van der Waals surface area contributed by atoms with E-state index in [2.05, 4.69) is 5.32 Å². The summed E-state index contributed by atoms with van der Waals surface area (Å²) < 4.78 is 72.4. The van der Waals surface area contributed by atoms with Crippen LogP contribution in [0.15, 0.2) is 41.3 Å². The van der Waals surface area contributed by atoms with E-state index in [1.807, 2.05) is 0 Å². The van der Waals surface area contributed by atoms with Crippen molar-refractivity contribution in [2.75, 3.05) is 31.6 Å². The molecule has 0 saturated carbocycles. The normalized spacial score (nSPS) is 15.5. The smallest absolute Gasteiger partial charge is 0.255 e. The summed E-state index contributed by atoms with van der Waals surface area (Å²) >= 11 is 0. The van der Waals surface area contributed by atoms with Crippen LogP contribution in [-0.4, -0.2) is 44.9 Å². The summed E-state index contributed by atoms with van der Waals surface area (Å²) in [4.78, 5) is 11.6. The van der Waals surface area contributed by atoms with Crippen molar-refractivity contribution >= 4 is 21.6 Å². The van der Waals surface area contributed by atoms with E-state index >= 15 is 0 Å². The molecule has 0 radical (unpaired) electrons. The first-order valence-corrected chi connectivity index (χ1v) is 9.37. The van der Waals surface area contributed by atoms with E-state index in [-0.39, 0.29) is 31.9 Å². The van der Waals surface area contributed by atoms with Gasteiger partial charge in [0.05, 0.1) is 18.9 Å². The van der Waals surface area contributed by atoms with E-state index in [1.54, 1.807) is 0 Å². The molecule has 1 saturated heterocycles. The summed E-state index contributed by atoms with van der Waals surface area (Å²) in [6, 6.07) is 5.26. The van der Waals surface area contributed by atoms with Gasteiger partial charge in [-0.1, -0.05) is 0 Å². The van der Waals surface area contributed by atoms with Crippen LogP contribution in [-0.2, 0) is 14.8 Å². The fraction of sp³-hybridized carbons (Fsp3) is 0.235. The van der Waals surface area contributed by atoms with E-state index in [4.69, 9.17) is 4.74 Å². The number of anilines is 1. The minimum absolute atomic E-state index is 0.0622. The monoisotopic (exact) mass is 400 g/mol. The molecule has 3 rings (SSSR count). The number of benzene rings is 2. The Labute approximate surface area is 153 Å². The van der Waals surface area contributed by atoms with Gasteiger partial charge in [-0.2, -0.15) is 4.31 Å². The molecule has 0 aliphatic carbocycles. The van der Waals surface area contributed by atoms with Crippen LogP contribution in [0.25, 0.3) is 0 Å². The van der Waals surface area contributed by atoms with Crippen LogP contribution in [0.1, 0.15) is 10.4 Å². The first-order valence-electron chi connectivity index (χ1n) is 7.93. The van der Waals surface area contributed by atoms with Crippen molar-refractivity contribution in [2.24, 2.45) is 0 Å². The SMILES string of the molecule is O=C(Nc1cc(F)ccc1F)c1ccc(F)c(S(=O)(=O)N2CCOCC2)c1. The molecule has 1 aliphatic rings. The van der Waals surface area contributed by atoms with Crippen LogP contribution in [0.3, 0.4) is 0 Å². The third-order valence-corrected chi connectivity index (χ3v) is 5.87. The molecule has 0 unspecified atom stereocenters. The van der Waals surface area contributed by atoms with Crippen LogP contribution in [0.2, 0.25) is 0 Å². The van der Waals surface area contributed by atoms with Gasteiger partial charge in [-0.25, -0.2) is 21.6 Å². The second-order valence-electron chi connectivity index (χ2n) is 5.74. The Balaban J connectivity index is 1.90. The highest BCUT2D eigenvalue weighted by Gasteiger charge is 2.29. The summed E-state index contributed by atoms with van der Waals surface area (Å²) in [5, 5.41) is 2.14.